The lowest BCUT2D eigenvalue weighted by molar-refractivity contribution is -0.306. The zero-order valence-corrected chi connectivity index (χ0v) is 14.5. The molecule has 21 heavy (non-hydrogen) atoms. The van der Waals surface area contributed by atoms with E-state index in [1.807, 2.05) is 26.9 Å². The van der Waals surface area contributed by atoms with Gasteiger partial charge in [-0.3, -0.25) is 0 Å². The van der Waals surface area contributed by atoms with Crippen molar-refractivity contribution < 1.29 is 18.3 Å². The van der Waals surface area contributed by atoms with E-state index >= 15 is 0 Å². The van der Waals surface area contributed by atoms with Crippen LogP contribution in [0.2, 0.25) is 0 Å². The Morgan fingerprint density at radius 1 is 1.24 bits per heavy atom. The number of benzene rings is 1. The van der Waals surface area contributed by atoms with E-state index in [-0.39, 0.29) is 11.3 Å². The minimum absolute atomic E-state index is 0.142. The van der Waals surface area contributed by atoms with Crippen molar-refractivity contribution >= 4 is 23.3 Å². The van der Waals surface area contributed by atoms with Crippen molar-refractivity contribution in [3.05, 3.63) is 29.8 Å². The molecule has 0 aliphatic carbocycles. The van der Waals surface area contributed by atoms with Crippen LogP contribution in [-0.2, 0) is 14.8 Å². The fourth-order valence-corrected chi connectivity index (χ4v) is 4.91. The van der Waals surface area contributed by atoms with Crippen molar-refractivity contribution in [2.24, 2.45) is 0 Å². The Hall–Kier alpha value is -0.970. The second kappa shape index (κ2) is 6.86. The first-order valence-corrected chi connectivity index (χ1v) is 11.4. The van der Waals surface area contributed by atoms with Gasteiger partial charge in [0.05, 0.1) is 17.1 Å². The largest absolute Gasteiger partial charge is 0.550 e. The minimum Gasteiger partial charge on any atom is -0.550 e. The first-order chi connectivity index (χ1) is 9.49. The molecule has 0 heterocycles. The molecular weight excluding hydrogens is 309 g/mol. The molecule has 0 aliphatic heterocycles. The standard InChI is InChI=1S/C14H22NO4PS/c1-11-5-7-13(8-6-11)21(18,19)15-12(9-14(16)17)10-20(2,3)4/h5-8,12,15H,9-10H2,1-4H3/t12-/m1/s1. The number of sulfonamides is 1. The molecule has 1 aromatic carbocycles. The van der Waals surface area contributed by atoms with E-state index in [2.05, 4.69) is 4.72 Å². The Balaban J connectivity index is 2.95. The summed E-state index contributed by atoms with van der Waals surface area (Å²) in [6, 6.07) is 5.80. The third-order valence-electron chi connectivity index (χ3n) is 2.83. The average Bonchev–Trinajstić information content (AvgIpc) is 2.25. The van der Waals surface area contributed by atoms with Gasteiger partial charge in [0.2, 0.25) is 10.0 Å². The van der Waals surface area contributed by atoms with E-state index in [1.54, 1.807) is 12.1 Å². The van der Waals surface area contributed by atoms with Gasteiger partial charge >= 0.3 is 0 Å². The molecule has 1 aromatic rings. The number of carboxylic acid groups (broad SMARTS) is 1. The number of nitrogens with one attached hydrogen (secondary N) is 1. The van der Waals surface area contributed by atoms with Crippen LogP contribution in [0.5, 0.6) is 0 Å². The van der Waals surface area contributed by atoms with Gasteiger partial charge in [-0.2, -0.15) is 0 Å². The van der Waals surface area contributed by atoms with Gasteiger partial charge in [0.25, 0.3) is 0 Å². The van der Waals surface area contributed by atoms with Crippen LogP contribution in [0.25, 0.3) is 0 Å². The topological polar surface area (TPSA) is 86.3 Å². The van der Waals surface area contributed by atoms with Crippen LogP contribution in [-0.4, -0.2) is 46.6 Å². The quantitative estimate of drug-likeness (QED) is 0.745. The molecule has 0 bridgehead atoms. The summed E-state index contributed by atoms with van der Waals surface area (Å²) >= 11 is 0. The summed E-state index contributed by atoms with van der Waals surface area (Å²) in [5.41, 5.74) is 0.959. The molecule has 5 nitrogen and oxygen atoms in total. The summed E-state index contributed by atoms with van der Waals surface area (Å²) in [5, 5.41) is 10.8. The summed E-state index contributed by atoms with van der Waals surface area (Å²) in [6.07, 6.45) is 0.203. The molecule has 1 atom stereocenters. The van der Waals surface area contributed by atoms with Gasteiger partial charge in [0, 0.05) is 39.6 Å². The summed E-state index contributed by atoms with van der Waals surface area (Å²) < 4.78 is 27.1. The van der Waals surface area contributed by atoms with Crippen molar-refractivity contribution in [3.8, 4) is 0 Å². The maximum absolute atomic E-state index is 12.3. The highest BCUT2D eigenvalue weighted by Gasteiger charge is 2.28. The molecule has 0 radical (unpaired) electrons. The molecule has 0 saturated carbocycles. The van der Waals surface area contributed by atoms with Crippen LogP contribution in [0.4, 0.5) is 0 Å². The van der Waals surface area contributed by atoms with E-state index in [0.29, 0.717) is 6.16 Å². The van der Waals surface area contributed by atoms with Crippen LogP contribution in [0.3, 0.4) is 0 Å². The summed E-state index contributed by atoms with van der Waals surface area (Å²) in [4.78, 5) is 11.0. The van der Waals surface area contributed by atoms with Crippen molar-refractivity contribution in [2.45, 2.75) is 24.3 Å². The first-order valence-electron chi connectivity index (χ1n) is 6.59. The lowest BCUT2D eigenvalue weighted by atomic mass is 10.2. The SMILES string of the molecule is Cc1ccc(S(=O)(=O)N[C@H](CC(=O)[O-])C[P+](C)(C)C)cc1. The smallest absolute Gasteiger partial charge is 0.240 e. The molecular formula is C14H22NO4PS. The normalized spacial score (nSPS) is 13.9. The second-order valence-electron chi connectivity index (χ2n) is 6.18. The Labute approximate surface area is 127 Å². The maximum Gasteiger partial charge on any atom is 0.240 e. The fraction of sp³-hybridized carbons (Fsp3) is 0.500. The van der Waals surface area contributed by atoms with E-state index in [9.17, 15) is 18.3 Å². The number of carboxylic acids is 1. The van der Waals surface area contributed by atoms with Crippen molar-refractivity contribution in [1.82, 2.24) is 4.72 Å². The van der Waals surface area contributed by atoms with Crippen molar-refractivity contribution in [1.29, 1.82) is 0 Å². The Morgan fingerprint density at radius 2 is 1.76 bits per heavy atom. The second-order valence-corrected chi connectivity index (χ2v) is 12.8. The molecule has 0 saturated heterocycles. The summed E-state index contributed by atoms with van der Waals surface area (Å²) in [7, 11) is -5.05. The first kappa shape index (κ1) is 18.1. The van der Waals surface area contributed by atoms with Gasteiger partial charge < -0.3 is 9.90 Å². The fourth-order valence-electron chi connectivity index (χ4n) is 2.01. The van der Waals surface area contributed by atoms with E-state index in [4.69, 9.17) is 0 Å². The highest BCUT2D eigenvalue weighted by atomic mass is 32.2. The lowest BCUT2D eigenvalue weighted by Crippen LogP contribution is -2.42. The number of carbonyl (C=O) groups excluding carboxylic acids is 1. The zero-order valence-electron chi connectivity index (χ0n) is 12.8. The van der Waals surface area contributed by atoms with Crippen LogP contribution in [0, 0.1) is 6.92 Å². The molecule has 0 amide bonds. The molecule has 0 aromatic heterocycles. The Kier molecular flexibility index (Phi) is 5.91. The Morgan fingerprint density at radius 3 is 2.19 bits per heavy atom. The third-order valence-corrected chi connectivity index (χ3v) is 5.91. The summed E-state index contributed by atoms with van der Waals surface area (Å²) in [5.74, 6) is -1.25. The van der Waals surface area contributed by atoms with Crippen LogP contribution in [0.15, 0.2) is 29.2 Å². The van der Waals surface area contributed by atoms with Gasteiger partial charge in [-0.25, -0.2) is 13.1 Å². The van der Waals surface area contributed by atoms with Crippen molar-refractivity contribution in [3.63, 3.8) is 0 Å². The average molecular weight is 331 g/mol. The van der Waals surface area contributed by atoms with Gasteiger partial charge in [-0.15, -0.1) is 0 Å². The highest BCUT2D eigenvalue weighted by molar-refractivity contribution is 7.89. The predicted molar refractivity (Wildman–Crippen MR) is 84.5 cm³/mol. The molecule has 1 rings (SSSR count). The van der Waals surface area contributed by atoms with Gasteiger partial charge in [-0.05, 0) is 19.1 Å². The monoisotopic (exact) mass is 331 g/mol. The van der Waals surface area contributed by atoms with E-state index in [1.165, 1.54) is 12.1 Å². The van der Waals surface area contributed by atoms with Crippen molar-refractivity contribution in [2.75, 3.05) is 26.2 Å². The minimum atomic E-state index is -3.72. The van der Waals surface area contributed by atoms with Gasteiger partial charge in [0.15, 0.2) is 0 Å². The molecule has 0 unspecified atom stereocenters. The number of rotatable bonds is 7. The predicted octanol–water partition coefficient (Wildman–Crippen LogP) is 0.689. The molecule has 7 heteroatoms. The number of aryl methyl sites for hydroxylation is 1. The molecule has 1 N–H and O–H groups in total. The van der Waals surface area contributed by atoms with Crippen LogP contribution >= 0.6 is 7.26 Å². The molecule has 0 fully saturated rings. The van der Waals surface area contributed by atoms with E-state index in [0.717, 1.165) is 5.56 Å². The van der Waals surface area contributed by atoms with E-state index < -0.39 is 29.3 Å². The van der Waals surface area contributed by atoms with Crippen LogP contribution < -0.4 is 9.83 Å². The van der Waals surface area contributed by atoms with Gasteiger partial charge in [-0.1, -0.05) is 17.7 Å². The lowest BCUT2D eigenvalue weighted by Gasteiger charge is -2.22. The Bertz CT molecular complexity index is 590. The third kappa shape index (κ3) is 6.55. The maximum atomic E-state index is 12.3. The highest BCUT2D eigenvalue weighted by Crippen LogP contribution is 2.47. The zero-order chi connectivity index (χ0) is 16.3. The number of hydrogen-bond donors (Lipinski definition) is 1. The molecule has 0 spiro atoms. The molecule has 0 aliphatic rings. The number of aliphatic carboxylic acids is 1. The van der Waals surface area contributed by atoms with Crippen LogP contribution in [0.1, 0.15) is 12.0 Å². The van der Waals surface area contributed by atoms with Gasteiger partial charge in [0.1, 0.15) is 0 Å². The number of hydrogen-bond acceptors (Lipinski definition) is 4. The summed E-state index contributed by atoms with van der Waals surface area (Å²) in [6.45, 7) is 7.98. The number of carbonyl (C=O) groups is 1. The molecule has 118 valence electrons.